The Bertz CT molecular complexity index is 1680. The molecule has 1 aromatic carbocycles. The summed E-state index contributed by atoms with van der Waals surface area (Å²) in [5.41, 5.74) is -1.54. The van der Waals surface area contributed by atoms with Crippen molar-refractivity contribution in [3.05, 3.63) is 48.2 Å². The number of anilines is 2. The molecule has 1 aliphatic carbocycles. The lowest BCUT2D eigenvalue weighted by molar-refractivity contribution is -0.137. The van der Waals surface area contributed by atoms with Crippen LogP contribution in [0.1, 0.15) is 70.9 Å². The van der Waals surface area contributed by atoms with Gasteiger partial charge in [0.05, 0.1) is 28.5 Å². The summed E-state index contributed by atoms with van der Waals surface area (Å²) in [5, 5.41) is 6.97. The molecule has 1 saturated heterocycles. The molecule has 2 fully saturated rings. The lowest BCUT2D eigenvalue weighted by Crippen LogP contribution is -2.43. The highest BCUT2D eigenvalue weighted by molar-refractivity contribution is 7.89. The van der Waals surface area contributed by atoms with Crippen LogP contribution in [0.3, 0.4) is 0 Å². The molecule has 2 aliphatic rings. The second-order valence-electron chi connectivity index (χ2n) is 14.2. The minimum Gasteiger partial charge on any atom is -0.417 e. The van der Waals surface area contributed by atoms with Crippen molar-refractivity contribution in [1.29, 1.82) is 0 Å². The first kappa shape index (κ1) is 36.4. The van der Waals surface area contributed by atoms with Gasteiger partial charge in [0.15, 0.2) is 8.32 Å². The molecule has 10 nitrogen and oxygen atoms in total. The summed E-state index contributed by atoms with van der Waals surface area (Å²) < 4.78 is 99.3. The normalized spacial score (nSPS) is 20.2. The van der Waals surface area contributed by atoms with Crippen LogP contribution in [0.5, 0.6) is 0 Å². The molecule has 2 aromatic heterocycles. The van der Waals surface area contributed by atoms with E-state index in [1.54, 1.807) is 4.68 Å². The van der Waals surface area contributed by atoms with Crippen molar-refractivity contribution in [2.45, 2.75) is 101 Å². The van der Waals surface area contributed by atoms with Crippen LogP contribution in [0, 0.1) is 11.7 Å². The first-order valence-corrected chi connectivity index (χ1v) is 20.6. The molecule has 0 amide bonds. The maximum atomic E-state index is 15.2. The molecule has 264 valence electrons. The smallest absolute Gasteiger partial charge is 0.417 e. The largest absolute Gasteiger partial charge is 0.419 e. The standard InChI is InChI=1S/C32H44F4N6O4SSi/c1-31(2,3)48(4,5)46-20-21-6-8-23(9-7-21)41-47(43,44)25-10-11-28(27(33)16-25)39-30-37-18-26(32(34,35)36)29(40-30)22-17-38-42(19-22)24-12-14-45-15-13-24/h10-11,16-19,21,23-24,41H,6-9,12-15,20H2,1-5H3,(H,37,39,40). The number of nitrogens with zero attached hydrogens (tertiary/aromatic N) is 4. The minimum atomic E-state index is -4.75. The van der Waals surface area contributed by atoms with Gasteiger partial charge in [-0.2, -0.15) is 18.3 Å². The maximum Gasteiger partial charge on any atom is 0.419 e. The van der Waals surface area contributed by atoms with Crippen molar-refractivity contribution in [3.63, 3.8) is 0 Å². The van der Waals surface area contributed by atoms with Gasteiger partial charge in [-0.05, 0) is 80.8 Å². The van der Waals surface area contributed by atoms with Crippen LogP contribution in [0.25, 0.3) is 11.3 Å². The fraction of sp³-hybridized carbons (Fsp3) is 0.594. The van der Waals surface area contributed by atoms with Crippen LogP contribution in [0.4, 0.5) is 29.2 Å². The average Bonchev–Trinajstić information content (AvgIpc) is 3.51. The zero-order valence-corrected chi connectivity index (χ0v) is 29.7. The van der Waals surface area contributed by atoms with E-state index in [0.29, 0.717) is 57.6 Å². The van der Waals surface area contributed by atoms with E-state index in [-0.39, 0.29) is 39.2 Å². The van der Waals surface area contributed by atoms with E-state index in [1.165, 1.54) is 24.5 Å². The summed E-state index contributed by atoms with van der Waals surface area (Å²) in [7, 11) is -5.90. The summed E-state index contributed by atoms with van der Waals surface area (Å²) in [5.74, 6) is -0.862. The van der Waals surface area contributed by atoms with Crippen LogP contribution in [0.15, 0.2) is 41.7 Å². The van der Waals surface area contributed by atoms with E-state index in [4.69, 9.17) is 9.16 Å². The average molecular weight is 713 g/mol. The minimum absolute atomic E-state index is 0.0124. The van der Waals surface area contributed by atoms with Crippen LogP contribution in [-0.2, 0) is 25.4 Å². The molecule has 0 atom stereocenters. The number of rotatable bonds is 10. The van der Waals surface area contributed by atoms with Gasteiger partial charge in [-0.1, -0.05) is 20.8 Å². The van der Waals surface area contributed by atoms with Crippen molar-refractivity contribution >= 4 is 30.0 Å². The van der Waals surface area contributed by atoms with Gasteiger partial charge in [0.25, 0.3) is 0 Å². The highest BCUT2D eigenvalue weighted by atomic mass is 32.2. The Morgan fingerprint density at radius 2 is 1.73 bits per heavy atom. The Morgan fingerprint density at radius 3 is 2.35 bits per heavy atom. The fourth-order valence-corrected chi connectivity index (χ4v) is 8.04. The van der Waals surface area contributed by atoms with Gasteiger partial charge in [0.2, 0.25) is 16.0 Å². The summed E-state index contributed by atoms with van der Waals surface area (Å²) in [6, 6.07) is 3.00. The molecule has 0 radical (unpaired) electrons. The third kappa shape index (κ3) is 8.62. The van der Waals surface area contributed by atoms with Gasteiger partial charge in [0, 0.05) is 43.8 Å². The van der Waals surface area contributed by atoms with E-state index in [0.717, 1.165) is 18.9 Å². The molecule has 0 unspecified atom stereocenters. The maximum absolute atomic E-state index is 15.2. The zero-order valence-electron chi connectivity index (χ0n) is 27.9. The van der Waals surface area contributed by atoms with Crippen LogP contribution in [0.2, 0.25) is 18.1 Å². The Labute approximate surface area is 280 Å². The number of alkyl halides is 3. The molecule has 3 aromatic rings. The molecule has 16 heteroatoms. The number of aromatic nitrogens is 4. The van der Waals surface area contributed by atoms with Crippen molar-refractivity contribution in [3.8, 4) is 11.3 Å². The molecule has 1 saturated carbocycles. The summed E-state index contributed by atoms with van der Waals surface area (Å²) in [6.07, 6.45) is 2.99. The lowest BCUT2D eigenvalue weighted by atomic mass is 9.87. The van der Waals surface area contributed by atoms with Gasteiger partial charge in [0.1, 0.15) is 11.4 Å². The van der Waals surface area contributed by atoms with Crippen molar-refractivity contribution < 1.29 is 35.1 Å². The van der Waals surface area contributed by atoms with E-state index in [9.17, 15) is 21.6 Å². The summed E-state index contributed by atoms with van der Waals surface area (Å²) in [4.78, 5) is 7.58. The third-order valence-corrected chi connectivity index (χ3v) is 15.7. The lowest BCUT2D eigenvalue weighted by Gasteiger charge is -2.38. The molecule has 48 heavy (non-hydrogen) atoms. The number of hydrogen-bond acceptors (Lipinski definition) is 8. The Morgan fingerprint density at radius 1 is 1.04 bits per heavy atom. The van der Waals surface area contributed by atoms with E-state index < -0.39 is 41.6 Å². The van der Waals surface area contributed by atoms with Gasteiger partial charge < -0.3 is 14.5 Å². The number of benzene rings is 1. The number of ether oxygens (including phenoxy) is 1. The SMILES string of the molecule is CC(C)(C)[Si](C)(C)OCC1CCC(NS(=O)(=O)c2ccc(Nc3ncc(C(F)(F)F)c(-c4cnn(C5CCOCC5)c4)n3)c(F)c2)CC1. The van der Waals surface area contributed by atoms with E-state index >= 15 is 4.39 Å². The molecular formula is C32H44F4N6O4SSi. The number of hydrogen-bond donors (Lipinski definition) is 2. The highest BCUT2D eigenvalue weighted by Crippen LogP contribution is 2.39. The Kier molecular flexibility index (Phi) is 10.7. The first-order valence-electron chi connectivity index (χ1n) is 16.2. The molecule has 0 spiro atoms. The second kappa shape index (κ2) is 14.1. The predicted octanol–water partition coefficient (Wildman–Crippen LogP) is 7.45. The second-order valence-corrected chi connectivity index (χ2v) is 20.7. The Hall–Kier alpha value is -2.92. The quantitative estimate of drug-likeness (QED) is 0.164. The van der Waals surface area contributed by atoms with Gasteiger partial charge >= 0.3 is 6.18 Å². The van der Waals surface area contributed by atoms with Gasteiger partial charge in [-0.15, -0.1) is 0 Å². The van der Waals surface area contributed by atoms with Gasteiger partial charge in [-0.3, -0.25) is 4.68 Å². The first-order chi connectivity index (χ1) is 22.4. The number of halogens is 4. The molecule has 2 N–H and O–H groups in total. The third-order valence-electron chi connectivity index (χ3n) is 9.69. The van der Waals surface area contributed by atoms with Crippen LogP contribution in [-0.4, -0.2) is 62.3 Å². The van der Waals surface area contributed by atoms with Crippen molar-refractivity contribution in [2.75, 3.05) is 25.1 Å². The zero-order chi connectivity index (χ0) is 34.9. The van der Waals surface area contributed by atoms with Crippen molar-refractivity contribution in [1.82, 2.24) is 24.5 Å². The van der Waals surface area contributed by atoms with E-state index in [1.807, 2.05) is 0 Å². The van der Waals surface area contributed by atoms with E-state index in [2.05, 4.69) is 59.0 Å². The summed E-state index contributed by atoms with van der Waals surface area (Å²) in [6.45, 7) is 12.7. The molecular weight excluding hydrogens is 669 g/mol. The fourth-order valence-electron chi connectivity index (χ4n) is 5.64. The molecule has 3 heterocycles. The number of sulfonamides is 1. The molecule has 5 rings (SSSR count). The predicted molar refractivity (Wildman–Crippen MR) is 176 cm³/mol. The van der Waals surface area contributed by atoms with Crippen molar-refractivity contribution in [2.24, 2.45) is 5.92 Å². The monoisotopic (exact) mass is 712 g/mol. The Balaban J connectivity index is 1.24. The van der Waals surface area contributed by atoms with Crippen LogP contribution < -0.4 is 10.0 Å². The van der Waals surface area contributed by atoms with Crippen LogP contribution >= 0.6 is 0 Å². The number of nitrogens with one attached hydrogen (secondary N) is 2. The molecule has 0 bridgehead atoms. The molecule has 1 aliphatic heterocycles. The summed E-state index contributed by atoms with van der Waals surface area (Å²) >= 11 is 0. The highest BCUT2D eigenvalue weighted by Gasteiger charge is 2.38. The van der Waals surface area contributed by atoms with Gasteiger partial charge in [-0.25, -0.2) is 27.5 Å². The topological polar surface area (TPSA) is 120 Å².